The summed E-state index contributed by atoms with van der Waals surface area (Å²) in [6.07, 6.45) is 9.03. The topological polar surface area (TPSA) is 38.8 Å². The Hall–Kier alpha value is -1.71. The maximum absolute atomic E-state index is 11.8. The van der Waals surface area contributed by atoms with Gasteiger partial charge in [-0.25, -0.2) is 4.79 Å². The third-order valence-electron chi connectivity index (χ3n) is 4.78. The van der Waals surface area contributed by atoms with Crippen LogP contribution in [0.25, 0.3) is 0 Å². The molecule has 4 heteroatoms. The molecule has 25 heavy (non-hydrogen) atoms. The van der Waals surface area contributed by atoms with Gasteiger partial charge in [0, 0.05) is 6.54 Å². The molecule has 0 aromatic heterocycles. The average molecular weight is 347 g/mol. The van der Waals surface area contributed by atoms with E-state index in [1.807, 2.05) is 17.0 Å². The summed E-state index contributed by atoms with van der Waals surface area (Å²) in [4.78, 5) is 13.7. The Morgan fingerprint density at radius 1 is 1.08 bits per heavy atom. The molecule has 0 saturated carbocycles. The van der Waals surface area contributed by atoms with Crippen LogP contribution in [0.4, 0.5) is 4.79 Å². The number of carbonyl (C=O) groups is 1. The van der Waals surface area contributed by atoms with Crippen LogP contribution in [0.1, 0.15) is 64.4 Å². The number of hydrogen-bond donors (Lipinski definition) is 0. The first-order valence-corrected chi connectivity index (χ1v) is 9.89. The molecule has 1 aromatic carbocycles. The lowest BCUT2D eigenvalue weighted by atomic mass is 10.1. The highest BCUT2D eigenvalue weighted by Crippen LogP contribution is 2.19. The number of amides is 1. The van der Waals surface area contributed by atoms with E-state index < -0.39 is 0 Å². The van der Waals surface area contributed by atoms with Gasteiger partial charge in [0.05, 0.1) is 12.6 Å². The molecule has 1 heterocycles. The molecule has 1 atom stereocenters. The van der Waals surface area contributed by atoms with E-state index in [1.165, 1.54) is 31.2 Å². The van der Waals surface area contributed by atoms with Gasteiger partial charge >= 0.3 is 6.09 Å². The third kappa shape index (κ3) is 6.60. The summed E-state index contributed by atoms with van der Waals surface area (Å²) in [6, 6.07) is 8.51. The Kier molecular flexibility index (Phi) is 8.64. The van der Waals surface area contributed by atoms with Crippen LogP contribution in [0.5, 0.6) is 5.75 Å². The van der Waals surface area contributed by atoms with Crippen molar-refractivity contribution in [3.05, 3.63) is 29.8 Å². The fourth-order valence-corrected chi connectivity index (χ4v) is 3.23. The number of ether oxygens (including phenoxy) is 2. The normalized spacial score (nSPS) is 17.0. The summed E-state index contributed by atoms with van der Waals surface area (Å²) in [5, 5.41) is 0. The van der Waals surface area contributed by atoms with Crippen LogP contribution in [0.2, 0.25) is 0 Å². The standard InChI is InChI=1S/C21H33NO3/c1-3-5-6-7-8-16-24-20-12-10-18(11-13-20)14-15-22-19(9-4-2)17-25-21(22)23/h10-13,19H,3-9,14-17H2,1-2H3. The lowest BCUT2D eigenvalue weighted by Crippen LogP contribution is -2.35. The maximum Gasteiger partial charge on any atom is 0.410 e. The van der Waals surface area contributed by atoms with Crippen LogP contribution in [0, 0.1) is 0 Å². The zero-order chi connectivity index (χ0) is 17.9. The minimum Gasteiger partial charge on any atom is -0.494 e. The maximum atomic E-state index is 11.8. The van der Waals surface area contributed by atoms with Crippen molar-refractivity contribution in [3.63, 3.8) is 0 Å². The first-order chi connectivity index (χ1) is 12.2. The smallest absolute Gasteiger partial charge is 0.410 e. The Morgan fingerprint density at radius 3 is 2.56 bits per heavy atom. The van der Waals surface area contributed by atoms with Gasteiger partial charge in [-0.2, -0.15) is 0 Å². The zero-order valence-corrected chi connectivity index (χ0v) is 15.8. The van der Waals surface area contributed by atoms with Crippen molar-refractivity contribution < 1.29 is 14.3 Å². The van der Waals surface area contributed by atoms with Gasteiger partial charge in [-0.05, 0) is 37.0 Å². The molecule has 1 saturated heterocycles. The molecule has 0 N–H and O–H groups in total. The van der Waals surface area contributed by atoms with Crippen molar-refractivity contribution in [2.45, 2.75) is 71.3 Å². The molecular weight excluding hydrogens is 314 g/mol. The Labute approximate surface area is 152 Å². The van der Waals surface area contributed by atoms with Crippen LogP contribution >= 0.6 is 0 Å². The highest BCUT2D eigenvalue weighted by molar-refractivity contribution is 5.70. The van der Waals surface area contributed by atoms with Gasteiger partial charge < -0.3 is 14.4 Å². The predicted octanol–water partition coefficient (Wildman–Crippen LogP) is 5.20. The van der Waals surface area contributed by atoms with Crippen molar-refractivity contribution >= 4 is 6.09 Å². The van der Waals surface area contributed by atoms with Gasteiger partial charge in [0.15, 0.2) is 0 Å². The predicted molar refractivity (Wildman–Crippen MR) is 101 cm³/mol. The van der Waals surface area contributed by atoms with E-state index in [-0.39, 0.29) is 12.1 Å². The molecule has 2 rings (SSSR count). The molecule has 1 aliphatic rings. The van der Waals surface area contributed by atoms with Crippen LogP contribution in [-0.2, 0) is 11.2 Å². The number of nitrogens with zero attached hydrogens (tertiary/aromatic N) is 1. The summed E-state index contributed by atoms with van der Waals surface area (Å²) in [5.41, 5.74) is 1.23. The lowest BCUT2D eigenvalue weighted by molar-refractivity contribution is 0.158. The van der Waals surface area contributed by atoms with Crippen molar-refractivity contribution in [1.82, 2.24) is 4.90 Å². The SMILES string of the molecule is CCCCCCCOc1ccc(CCN2C(=O)OCC2CCC)cc1. The number of unbranched alkanes of at least 4 members (excludes halogenated alkanes) is 4. The average Bonchev–Trinajstić information content (AvgIpc) is 2.97. The van der Waals surface area contributed by atoms with Crippen LogP contribution in [-0.4, -0.2) is 36.8 Å². The van der Waals surface area contributed by atoms with E-state index in [0.29, 0.717) is 6.61 Å². The molecule has 1 amide bonds. The van der Waals surface area contributed by atoms with E-state index in [4.69, 9.17) is 9.47 Å². The minimum absolute atomic E-state index is 0.165. The van der Waals surface area contributed by atoms with E-state index >= 15 is 0 Å². The molecule has 0 aliphatic carbocycles. The minimum atomic E-state index is -0.165. The van der Waals surface area contributed by atoms with Gasteiger partial charge in [0.25, 0.3) is 0 Å². The summed E-state index contributed by atoms with van der Waals surface area (Å²) in [7, 11) is 0. The molecule has 1 unspecified atom stereocenters. The number of hydrogen-bond acceptors (Lipinski definition) is 3. The Balaban J connectivity index is 1.70. The second-order valence-electron chi connectivity index (χ2n) is 6.87. The summed E-state index contributed by atoms with van der Waals surface area (Å²) in [6.45, 7) is 6.43. The van der Waals surface area contributed by atoms with E-state index in [9.17, 15) is 4.79 Å². The monoisotopic (exact) mass is 347 g/mol. The van der Waals surface area contributed by atoms with E-state index in [2.05, 4.69) is 26.0 Å². The number of rotatable bonds is 12. The molecule has 0 radical (unpaired) electrons. The van der Waals surface area contributed by atoms with Crippen molar-refractivity contribution in [1.29, 1.82) is 0 Å². The fraction of sp³-hybridized carbons (Fsp3) is 0.667. The van der Waals surface area contributed by atoms with Crippen LogP contribution in [0.15, 0.2) is 24.3 Å². The summed E-state index contributed by atoms with van der Waals surface area (Å²) < 4.78 is 11.0. The molecule has 0 bridgehead atoms. The lowest BCUT2D eigenvalue weighted by Gasteiger charge is -2.20. The van der Waals surface area contributed by atoms with Crippen molar-refractivity contribution in [2.75, 3.05) is 19.8 Å². The number of benzene rings is 1. The van der Waals surface area contributed by atoms with Gasteiger partial charge in [-0.3, -0.25) is 0 Å². The molecule has 1 fully saturated rings. The highest BCUT2D eigenvalue weighted by Gasteiger charge is 2.31. The Morgan fingerprint density at radius 2 is 1.84 bits per heavy atom. The molecule has 140 valence electrons. The molecule has 1 aliphatic heterocycles. The molecule has 0 spiro atoms. The van der Waals surface area contributed by atoms with Gasteiger partial charge in [0.2, 0.25) is 0 Å². The van der Waals surface area contributed by atoms with Crippen molar-refractivity contribution in [3.8, 4) is 5.75 Å². The zero-order valence-electron chi connectivity index (χ0n) is 15.8. The second-order valence-corrected chi connectivity index (χ2v) is 6.87. The Bertz CT molecular complexity index is 500. The van der Waals surface area contributed by atoms with E-state index in [0.717, 1.165) is 44.6 Å². The third-order valence-corrected chi connectivity index (χ3v) is 4.78. The molecular formula is C21H33NO3. The van der Waals surface area contributed by atoms with Gasteiger partial charge in [-0.15, -0.1) is 0 Å². The number of carbonyl (C=O) groups excluding carboxylic acids is 1. The van der Waals surface area contributed by atoms with E-state index in [1.54, 1.807) is 0 Å². The fourth-order valence-electron chi connectivity index (χ4n) is 3.23. The van der Waals surface area contributed by atoms with Crippen LogP contribution in [0.3, 0.4) is 0 Å². The summed E-state index contributed by atoms with van der Waals surface area (Å²) >= 11 is 0. The first kappa shape index (κ1) is 19.6. The van der Waals surface area contributed by atoms with Crippen LogP contribution < -0.4 is 4.74 Å². The number of cyclic esters (lactones) is 1. The van der Waals surface area contributed by atoms with Crippen molar-refractivity contribution in [2.24, 2.45) is 0 Å². The van der Waals surface area contributed by atoms with Gasteiger partial charge in [0.1, 0.15) is 12.4 Å². The molecule has 1 aromatic rings. The highest BCUT2D eigenvalue weighted by atomic mass is 16.6. The quantitative estimate of drug-likeness (QED) is 0.488. The first-order valence-electron chi connectivity index (χ1n) is 9.89. The largest absolute Gasteiger partial charge is 0.494 e. The van der Waals surface area contributed by atoms with Gasteiger partial charge in [-0.1, -0.05) is 58.1 Å². The molecule has 4 nitrogen and oxygen atoms in total. The summed E-state index contributed by atoms with van der Waals surface area (Å²) in [5.74, 6) is 0.934. The second kappa shape index (κ2) is 11.0.